The van der Waals surface area contributed by atoms with Crippen LogP contribution in [0.1, 0.15) is 29.2 Å². The van der Waals surface area contributed by atoms with E-state index in [1.807, 2.05) is 30.8 Å². The van der Waals surface area contributed by atoms with Gasteiger partial charge in [0, 0.05) is 16.7 Å². The van der Waals surface area contributed by atoms with Gasteiger partial charge < -0.3 is 4.90 Å². The van der Waals surface area contributed by atoms with Gasteiger partial charge in [0.2, 0.25) is 5.91 Å². The van der Waals surface area contributed by atoms with Crippen LogP contribution in [0, 0.1) is 12.8 Å². The van der Waals surface area contributed by atoms with Gasteiger partial charge in [-0.05, 0) is 48.3 Å². The smallest absolute Gasteiger partial charge is 0.282 e. The van der Waals surface area contributed by atoms with E-state index in [4.69, 9.17) is 11.6 Å². The van der Waals surface area contributed by atoms with Crippen molar-refractivity contribution in [2.45, 2.75) is 30.9 Å². The molecule has 22 heavy (non-hydrogen) atoms. The zero-order chi connectivity index (χ0) is 15.9. The lowest BCUT2D eigenvalue weighted by molar-refractivity contribution is -0.166. The number of carbonyl (C=O) groups is 1. The number of amides is 1. The molecule has 2 aliphatic rings. The lowest BCUT2D eigenvalue weighted by Gasteiger charge is -2.39. The van der Waals surface area contributed by atoms with E-state index in [0.29, 0.717) is 11.7 Å². The summed E-state index contributed by atoms with van der Waals surface area (Å²) in [5.41, 5.74) is 2.43. The first kappa shape index (κ1) is 16.1. The molecule has 0 bridgehead atoms. The van der Waals surface area contributed by atoms with Crippen molar-refractivity contribution in [1.82, 2.24) is 4.90 Å². The highest BCUT2D eigenvalue weighted by Gasteiger charge is 2.46. The number of benzene rings is 1. The Morgan fingerprint density at radius 3 is 2.82 bits per heavy atom. The zero-order valence-corrected chi connectivity index (χ0v) is 13.9. The van der Waals surface area contributed by atoms with E-state index in [1.165, 1.54) is 16.0 Å². The van der Waals surface area contributed by atoms with E-state index in [0.717, 1.165) is 17.2 Å². The van der Waals surface area contributed by atoms with E-state index in [1.54, 1.807) is 0 Å². The number of aryl methyl sites for hydroxylation is 1. The molecule has 1 aromatic rings. The number of thioether (sulfide) groups is 1. The van der Waals surface area contributed by atoms with Crippen LogP contribution in [0.25, 0.3) is 0 Å². The Labute approximate surface area is 138 Å². The molecular formula is C16H18ClF2NOS. The average Bonchev–Trinajstić information content (AvgIpc) is 2.84. The van der Waals surface area contributed by atoms with Crippen molar-refractivity contribution in [2.75, 3.05) is 18.8 Å². The summed E-state index contributed by atoms with van der Waals surface area (Å²) in [5.74, 6) is -1.64. The van der Waals surface area contributed by atoms with Crippen molar-refractivity contribution in [3.63, 3.8) is 0 Å². The number of halogens is 3. The van der Waals surface area contributed by atoms with Crippen LogP contribution in [-0.4, -0.2) is 35.6 Å². The predicted octanol–water partition coefficient (Wildman–Crippen LogP) is 4.31. The maximum atomic E-state index is 12.8. The van der Waals surface area contributed by atoms with Crippen molar-refractivity contribution in [2.24, 2.45) is 5.92 Å². The number of alkyl halides is 2. The van der Waals surface area contributed by atoms with Gasteiger partial charge in [-0.3, -0.25) is 4.79 Å². The Hall–Kier alpha value is -0.810. The SMILES string of the molecule is Cc1cc(Cl)ccc1C1CC(CC(=O)N2CC(F)(F)C2)CS1. The lowest BCUT2D eigenvalue weighted by atomic mass is 9.95. The summed E-state index contributed by atoms with van der Waals surface area (Å²) in [5, 5.41) is 1.10. The Bertz CT molecular complexity index is 588. The van der Waals surface area contributed by atoms with Crippen molar-refractivity contribution < 1.29 is 13.6 Å². The summed E-state index contributed by atoms with van der Waals surface area (Å²) in [6.07, 6.45) is 1.30. The topological polar surface area (TPSA) is 20.3 Å². The first-order valence-corrected chi connectivity index (χ1v) is 8.80. The Morgan fingerprint density at radius 1 is 1.45 bits per heavy atom. The molecule has 6 heteroatoms. The van der Waals surface area contributed by atoms with Crippen molar-refractivity contribution in [3.8, 4) is 0 Å². The molecule has 0 N–H and O–H groups in total. The molecule has 2 heterocycles. The second kappa shape index (κ2) is 6.00. The van der Waals surface area contributed by atoms with E-state index in [-0.39, 0.29) is 11.8 Å². The summed E-state index contributed by atoms with van der Waals surface area (Å²) in [6.45, 7) is 1.22. The maximum absolute atomic E-state index is 12.8. The van der Waals surface area contributed by atoms with E-state index in [2.05, 4.69) is 6.07 Å². The molecule has 0 aromatic heterocycles. The highest BCUT2D eigenvalue weighted by Crippen LogP contribution is 2.46. The number of nitrogens with zero attached hydrogens (tertiary/aromatic N) is 1. The van der Waals surface area contributed by atoms with Crippen LogP contribution in [0.2, 0.25) is 5.02 Å². The van der Waals surface area contributed by atoms with Gasteiger partial charge in [-0.15, -0.1) is 0 Å². The zero-order valence-electron chi connectivity index (χ0n) is 12.3. The fourth-order valence-corrected chi connectivity index (χ4v) is 4.95. The molecule has 2 unspecified atom stereocenters. The standard InChI is InChI=1S/C16H18ClF2NOS/c1-10-4-12(17)2-3-13(10)14-5-11(7-22-14)6-15(21)20-8-16(18,19)9-20/h2-4,11,14H,5-9H2,1H3. The second-order valence-electron chi connectivity index (χ2n) is 6.23. The third-order valence-corrected chi connectivity index (χ3v) is 6.07. The van der Waals surface area contributed by atoms with Crippen LogP contribution in [0.4, 0.5) is 8.78 Å². The first-order valence-electron chi connectivity index (χ1n) is 7.37. The summed E-state index contributed by atoms with van der Waals surface area (Å²) in [7, 11) is 0. The van der Waals surface area contributed by atoms with Gasteiger partial charge >= 0.3 is 0 Å². The second-order valence-corrected chi connectivity index (χ2v) is 7.91. The number of hydrogen-bond acceptors (Lipinski definition) is 2. The lowest BCUT2D eigenvalue weighted by Crippen LogP contribution is -2.58. The van der Waals surface area contributed by atoms with E-state index < -0.39 is 19.0 Å². The van der Waals surface area contributed by atoms with Crippen LogP contribution in [0.5, 0.6) is 0 Å². The van der Waals surface area contributed by atoms with Crippen LogP contribution in [0.15, 0.2) is 18.2 Å². The molecule has 0 saturated carbocycles. The molecule has 0 aliphatic carbocycles. The number of hydrogen-bond donors (Lipinski definition) is 0. The molecule has 0 radical (unpaired) electrons. The van der Waals surface area contributed by atoms with Gasteiger partial charge in [-0.2, -0.15) is 11.8 Å². The third kappa shape index (κ3) is 3.40. The summed E-state index contributed by atoms with van der Waals surface area (Å²) >= 11 is 7.82. The van der Waals surface area contributed by atoms with Gasteiger partial charge in [0.1, 0.15) is 0 Å². The minimum atomic E-state index is -2.68. The highest BCUT2D eigenvalue weighted by atomic mass is 35.5. The fraction of sp³-hybridized carbons (Fsp3) is 0.562. The summed E-state index contributed by atoms with van der Waals surface area (Å²) in [6, 6.07) is 5.90. The normalized spacial score (nSPS) is 26.8. The Morgan fingerprint density at radius 2 is 2.18 bits per heavy atom. The van der Waals surface area contributed by atoms with Crippen molar-refractivity contribution in [3.05, 3.63) is 34.3 Å². The van der Waals surface area contributed by atoms with Crippen LogP contribution in [-0.2, 0) is 4.79 Å². The molecule has 3 rings (SSSR count). The third-order valence-electron chi connectivity index (χ3n) is 4.32. The first-order chi connectivity index (χ1) is 10.3. The highest BCUT2D eigenvalue weighted by molar-refractivity contribution is 7.99. The van der Waals surface area contributed by atoms with Crippen LogP contribution < -0.4 is 0 Å². The minimum Gasteiger partial charge on any atom is -0.330 e. The van der Waals surface area contributed by atoms with Crippen LogP contribution >= 0.6 is 23.4 Å². The van der Waals surface area contributed by atoms with Crippen molar-refractivity contribution in [1.29, 1.82) is 0 Å². The van der Waals surface area contributed by atoms with Gasteiger partial charge in [0.15, 0.2) is 0 Å². The molecule has 1 aromatic carbocycles. The fourth-order valence-electron chi connectivity index (χ4n) is 3.12. The Balaban J connectivity index is 1.55. The van der Waals surface area contributed by atoms with Gasteiger partial charge in [0.05, 0.1) is 13.1 Å². The quantitative estimate of drug-likeness (QED) is 0.813. The van der Waals surface area contributed by atoms with Crippen molar-refractivity contribution >= 4 is 29.3 Å². The summed E-state index contributed by atoms with van der Waals surface area (Å²) in [4.78, 5) is 13.3. The largest absolute Gasteiger partial charge is 0.330 e. The van der Waals surface area contributed by atoms with E-state index >= 15 is 0 Å². The monoisotopic (exact) mass is 345 g/mol. The summed E-state index contributed by atoms with van der Waals surface area (Å²) < 4.78 is 25.6. The molecule has 2 fully saturated rings. The van der Waals surface area contributed by atoms with Crippen LogP contribution in [0.3, 0.4) is 0 Å². The maximum Gasteiger partial charge on any atom is 0.282 e. The van der Waals surface area contributed by atoms with Gasteiger partial charge in [0.25, 0.3) is 5.92 Å². The molecule has 2 aliphatic heterocycles. The molecule has 0 spiro atoms. The number of carbonyl (C=O) groups excluding carboxylic acids is 1. The molecule has 1 amide bonds. The van der Waals surface area contributed by atoms with E-state index in [9.17, 15) is 13.6 Å². The predicted molar refractivity (Wildman–Crippen MR) is 85.6 cm³/mol. The number of likely N-dealkylation sites (tertiary alicyclic amines) is 1. The molecule has 2 saturated heterocycles. The minimum absolute atomic E-state index is 0.134. The van der Waals surface area contributed by atoms with Gasteiger partial charge in [-0.1, -0.05) is 17.7 Å². The molecular weight excluding hydrogens is 328 g/mol. The molecule has 2 atom stereocenters. The molecule has 2 nitrogen and oxygen atoms in total. The Kier molecular flexibility index (Phi) is 4.38. The number of rotatable bonds is 3. The van der Waals surface area contributed by atoms with Gasteiger partial charge in [-0.25, -0.2) is 8.78 Å². The average molecular weight is 346 g/mol. The molecule has 120 valence electrons.